The number of urea groups is 1. The number of anilines is 1. The van der Waals surface area contributed by atoms with Crippen molar-refractivity contribution in [3.63, 3.8) is 0 Å². The fraction of sp³-hybridized carbons (Fsp3) is 0.600. The molecule has 5 heteroatoms. The monoisotopic (exact) mass is 211 g/mol. The van der Waals surface area contributed by atoms with E-state index in [1.165, 1.54) is 0 Å². The van der Waals surface area contributed by atoms with Crippen LogP contribution in [0.3, 0.4) is 0 Å². The van der Waals surface area contributed by atoms with Crippen LogP contribution in [0.4, 0.5) is 10.5 Å². The molecule has 0 aliphatic rings. The van der Waals surface area contributed by atoms with E-state index in [9.17, 15) is 4.79 Å². The molecule has 0 radical (unpaired) electrons. The molecule has 0 unspecified atom stereocenters. The van der Waals surface area contributed by atoms with Crippen molar-refractivity contribution >= 4 is 11.7 Å². The highest BCUT2D eigenvalue weighted by molar-refractivity contribution is 5.90. The zero-order chi connectivity index (χ0) is 11.6. The lowest BCUT2D eigenvalue weighted by molar-refractivity contribution is 0.211. The van der Waals surface area contributed by atoms with Gasteiger partial charge in [0.25, 0.3) is 0 Å². The van der Waals surface area contributed by atoms with Gasteiger partial charge in [-0.3, -0.25) is 0 Å². The quantitative estimate of drug-likeness (QED) is 0.815. The molecule has 0 spiro atoms. The molecule has 84 valence electrons. The summed E-state index contributed by atoms with van der Waals surface area (Å²) in [6.07, 6.45) is 0. The van der Waals surface area contributed by atoms with E-state index in [0.29, 0.717) is 17.1 Å². The van der Waals surface area contributed by atoms with Crippen molar-refractivity contribution in [2.45, 2.75) is 33.7 Å². The molecule has 15 heavy (non-hydrogen) atoms. The predicted octanol–water partition coefficient (Wildman–Crippen LogP) is 2.16. The maximum Gasteiger partial charge on any atom is 0.321 e. The minimum Gasteiger partial charge on any atom is -0.359 e. The molecule has 0 fully saturated rings. The van der Waals surface area contributed by atoms with Crippen molar-refractivity contribution in [2.75, 3.05) is 12.4 Å². The van der Waals surface area contributed by atoms with Crippen LogP contribution in [0.5, 0.6) is 0 Å². The van der Waals surface area contributed by atoms with Crippen molar-refractivity contribution in [2.24, 2.45) is 0 Å². The number of nitrogens with zero attached hydrogens (tertiary/aromatic N) is 2. The number of carbonyl (C=O) groups is 1. The molecule has 1 heterocycles. The molecule has 5 nitrogen and oxygen atoms in total. The van der Waals surface area contributed by atoms with Crippen LogP contribution >= 0.6 is 0 Å². The predicted molar refractivity (Wildman–Crippen MR) is 57.9 cm³/mol. The number of hydrogen-bond donors (Lipinski definition) is 1. The second kappa shape index (κ2) is 4.33. The Morgan fingerprint density at radius 3 is 2.47 bits per heavy atom. The van der Waals surface area contributed by atoms with Crippen LogP contribution in [-0.2, 0) is 0 Å². The van der Waals surface area contributed by atoms with Crippen molar-refractivity contribution in [3.8, 4) is 0 Å². The third-order valence-electron chi connectivity index (χ3n) is 2.36. The van der Waals surface area contributed by atoms with Crippen molar-refractivity contribution in [1.29, 1.82) is 0 Å². The van der Waals surface area contributed by atoms with Crippen molar-refractivity contribution < 1.29 is 9.32 Å². The van der Waals surface area contributed by atoms with Crippen molar-refractivity contribution in [1.82, 2.24) is 10.1 Å². The molecule has 1 aromatic heterocycles. The Balaban J connectivity index is 2.75. The standard InChI is InChI=1S/C10H17N3O2/c1-6(2)13(5)10(14)11-9-7(3)12-15-8(9)4/h6H,1-5H3,(H,11,14). The van der Waals surface area contributed by atoms with Crippen LogP contribution in [0.2, 0.25) is 0 Å². The third kappa shape index (κ3) is 2.49. The van der Waals surface area contributed by atoms with Gasteiger partial charge in [-0.05, 0) is 27.7 Å². The van der Waals surface area contributed by atoms with E-state index >= 15 is 0 Å². The zero-order valence-corrected chi connectivity index (χ0v) is 9.79. The van der Waals surface area contributed by atoms with Crippen LogP contribution in [0.25, 0.3) is 0 Å². The number of aromatic nitrogens is 1. The van der Waals surface area contributed by atoms with Gasteiger partial charge in [0.1, 0.15) is 11.4 Å². The Hall–Kier alpha value is -1.52. The van der Waals surface area contributed by atoms with E-state index < -0.39 is 0 Å². The minimum absolute atomic E-state index is 0.153. The largest absolute Gasteiger partial charge is 0.359 e. The summed E-state index contributed by atoms with van der Waals surface area (Å²) in [5.74, 6) is 0.623. The lowest BCUT2D eigenvalue weighted by atomic mass is 10.3. The fourth-order valence-corrected chi connectivity index (χ4v) is 1.09. The van der Waals surface area contributed by atoms with Crippen LogP contribution in [0.15, 0.2) is 4.52 Å². The zero-order valence-electron chi connectivity index (χ0n) is 9.79. The van der Waals surface area contributed by atoms with E-state index in [2.05, 4.69) is 10.5 Å². The average molecular weight is 211 g/mol. The van der Waals surface area contributed by atoms with Crippen LogP contribution in [0, 0.1) is 13.8 Å². The molecule has 0 atom stereocenters. The van der Waals surface area contributed by atoms with Gasteiger partial charge in [0.05, 0.1) is 0 Å². The topological polar surface area (TPSA) is 58.4 Å². The Bertz CT molecular complexity index is 338. The molecule has 0 aliphatic carbocycles. The molecule has 1 rings (SSSR count). The van der Waals surface area contributed by atoms with Gasteiger partial charge >= 0.3 is 6.03 Å². The maximum atomic E-state index is 11.7. The molecule has 2 amide bonds. The summed E-state index contributed by atoms with van der Waals surface area (Å²) < 4.78 is 4.95. The first-order valence-electron chi connectivity index (χ1n) is 4.90. The lowest BCUT2D eigenvalue weighted by Gasteiger charge is -2.21. The summed E-state index contributed by atoms with van der Waals surface area (Å²) in [7, 11) is 1.75. The SMILES string of the molecule is Cc1noc(C)c1NC(=O)N(C)C(C)C. The fourth-order valence-electron chi connectivity index (χ4n) is 1.09. The maximum absolute atomic E-state index is 11.7. The summed E-state index contributed by atoms with van der Waals surface area (Å²) >= 11 is 0. The first-order valence-corrected chi connectivity index (χ1v) is 4.90. The van der Waals surface area contributed by atoms with E-state index in [1.807, 2.05) is 13.8 Å². The first kappa shape index (κ1) is 11.6. The van der Waals surface area contributed by atoms with Gasteiger partial charge in [0, 0.05) is 13.1 Å². The highest BCUT2D eigenvalue weighted by Gasteiger charge is 2.16. The second-order valence-electron chi connectivity index (χ2n) is 3.83. The lowest BCUT2D eigenvalue weighted by Crippen LogP contribution is -2.36. The molecule has 0 saturated heterocycles. The summed E-state index contributed by atoms with van der Waals surface area (Å²) in [6, 6.07) is 0.00451. The molecule has 0 bridgehead atoms. The summed E-state index contributed by atoms with van der Waals surface area (Å²) in [5.41, 5.74) is 1.35. The molecule has 0 aliphatic heterocycles. The summed E-state index contributed by atoms with van der Waals surface area (Å²) in [5, 5.41) is 6.54. The second-order valence-corrected chi connectivity index (χ2v) is 3.83. The van der Waals surface area contributed by atoms with Gasteiger partial charge in [-0.15, -0.1) is 0 Å². The highest BCUT2D eigenvalue weighted by atomic mass is 16.5. The van der Waals surface area contributed by atoms with Crippen molar-refractivity contribution in [3.05, 3.63) is 11.5 Å². The van der Waals surface area contributed by atoms with E-state index in [-0.39, 0.29) is 12.1 Å². The van der Waals surface area contributed by atoms with E-state index in [0.717, 1.165) is 0 Å². The van der Waals surface area contributed by atoms with Gasteiger partial charge in [0.2, 0.25) is 0 Å². The Labute approximate surface area is 89.4 Å². The summed E-state index contributed by atoms with van der Waals surface area (Å²) in [6.45, 7) is 7.46. The van der Waals surface area contributed by atoms with Crippen LogP contribution in [0.1, 0.15) is 25.3 Å². The molecule has 1 N–H and O–H groups in total. The van der Waals surface area contributed by atoms with Gasteiger partial charge in [-0.25, -0.2) is 4.79 Å². The smallest absolute Gasteiger partial charge is 0.321 e. The minimum atomic E-state index is -0.153. The normalized spacial score (nSPS) is 10.5. The number of amides is 2. The Kier molecular flexibility index (Phi) is 3.34. The van der Waals surface area contributed by atoms with Gasteiger partial charge < -0.3 is 14.7 Å². The number of carbonyl (C=O) groups excluding carboxylic acids is 1. The average Bonchev–Trinajstić information content (AvgIpc) is 2.47. The summed E-state index contributed by atoms with van der Waals surface area (Å²) in [4.78, 5) is 13.3. The van der Waals surface area contributed by atoms with Gasteiger partial charge in [0.15, 0.2) is 5.76 Å². The molecular formula is C10H17N3O2. The third-order valence-corrected chi connectivity index (χ3v) is 2.36. The molecular weight excluding hydrogens is 194 g/mol. The number of hydrogen-bond acceptors (Lipinski definition) is 3. The Morgan fingerprint density at radius 1 is 1.47 bits per heavy atom. The van der Waals surface area contributed by atoms with E-state index in [1.54, 1.807) is 25.8 Å². The van der Waals surface area contributed by atoms with Crippen LogP contribution < -0.4 is 5.32 Å². The number of aryl methyl sites for hydroxylation is 2. The molecule has 0 aromatic carbocycles. The van der Waals surface area contributed by atoms with Gasteiger partial charge in [-0.2, -0.15) is 0 Å². The molecule has 0 saturated carbocycles. The first-order chi connectivity index (χ1) is 6.93. The van der Waals surface area contributed by atoms with Gasteiger partial charge in [-0.1, -0.05) is 5.16 Å². The number of rotatable bonds is 2. The highest BCUT2D eigenvalue weighted by Crippen LogP contribution is 2.19. The van der Waals surface area contributed by atoms with E-state index in [4.69, 9.17) is 4.52 Å². The number of nitrogens with one attached hydrogen (secondary N) is 1. The van der Waals surface area contributed by atoms with Crippen LogP contribution in [-0.4, -0.2) is 29.2 Å². The molecule has 1 aromatic rings. The Morgan fingerprint density at radius 2 is 2.07 bits per heavy atom.